The molecule has 1 aliphatic rings. The van der Waals surface area contributed by atoms with Gasteiger partial charge in [-0.05, 0) is 44.2 Å². The highest BCUT2D eigenvalue weighted by Crippen LogP contribution is 2.31. The Morgan fingerprint density at radius 2 is 1.87 bits per heavy atom. The molecule has 10 heteroatoms. The van der Waals surface area contributed by atoms with Crippen molar-refractivity contribution < 1.29 is 27.1 Å². The van der Waals surface area contributed by atoms with Gasteiger partial charge in [0.2, 0.25) is 12.0 Å². The summed E-state index contributed by atoms with van der Waals surface area (Å²) in [6.45, 7) is 3.26. The van der Waals surface area contributed by atoms with Crippen LogP contribution >= 0.6 is 0 Å². The van der Waals surface area contributed by atoms with Gasteiger partial charge >= 0.3 is 6.01 Å². The van der Waals surface area contributed by atoms with Gasteiger partial charge in [0.25, 0.3) is 5.91 Å². The normalized spacial score (nSPS) is 15.8. The van der Waals surface area contributed by atoms with E-state index in [1.807, 2.05) is 6.07 Å². The Morgan fingerprint density at radius 1 is 1.10 bits per heavy atom. The van der Waals surface area contributed by atoms with E-state index in [0.717, 1.165) is 0 Å². The van der Waals surface area contributed by atoms with E-state index in [9.17, 15) is 13.2 Å². The second-order valence-corrected chi connectivity index (χ2v) is 9.39. The van der Waals surface area contributed by atoms with Gasteiger partial charge in [0, 0.05) is 5.56 Å². The van der Waals surface area contributed by atoms with Crippen LogP contribution in [0.5, 0.6) is 11.5 Å². The van der Waals surface area contributed by atoms with Crippen molar-refractivity contribution in [3.05, 3.63) is 48.5 Å². The molecule has 1 atom stereocenters. The molecular weight excluding hydrogens is 410 g/mol. The molecule has 1 aromatic heterocycles. The zero-order valence-electron chi connectivity index (χ0n) is 16.2. The molecule has 1 amide bonds. The third kappa shape index (κ3) is 3.86. The maximum Gasteiger partial charge on any atom is 0.322 e. The lowest BCUT2D eigenvalue weighted by molar-refractivity contribution is -0.125. The molecule has 0 aliphatic carbocycles. The summed E-state index contributed by atoms with van der Waals surface area (Å²) in [4.78, 5) is 12.6. The number of hydrogen-bond donors (Lipinski definition) is 1. The Hall–Kier alpha value is -3.40. The fourth-order valence-electron chi connectivity index (χ4n) is 2.80. The Labute approximate surface area is 172 Å². The molecule has 3 aromatic rings. The van der Waals surface area contributed by atoms with Crippen molar-refractivity contribution in [1.82, 2.24) is 10.2 Å². The van der Waals surface area contributed by atoms with Gasteiger partial charge in [0.1, 0.15) is 6.61 Å². The van der Waals surface area contributed by atoms with E-state index in [-0.39, 0.29) is 23.4 Å². The summed E-state index contributed by atoms with van der Waals surface area (Å²) in [5, 5.41) is 9.63. The number of carbonyl (C=O) groups is 1. The van der Waals surface area contributed by atoms with Crippen molar-refractivity contribution in [2.24, 2.45) is 0 Å². The maximum atomic E-state index is 12.5. The number of aromatic nitrogens is 2. The molecule has 4 rings (SSSR count). The van der Waals surface area contributed by atoms with Crippen molar-refractivity contribution in [3.63, 3.8) is 0 Å². The van der Waals surface area contributed by atoms with Gasteiger partial charge in [-0.15, -0.1) is 5.10 Å². The number of benzene rings is 2. The number of anilines is 1. The van der Waals surface area contributed by atoms with Gasteiger partial charge < -0.3 is 13.9 Å². The zero-order chi connectivity index (χ0) is 21.3. The predicted molar refractivity (Wildman–Crippen MR) is 107 cm³/mol. The number of hydrogen-bond acceptors (Lipinski definition) is 8. The van der Waals surface area contributed by atoms with E-state index in [2.05, 4.69) is 15.5 Å². The minimum absolute atomic E-state index is 0.0406. The summed E-state index contributed by atoms with van der Waals surface area (Å²) in [5.41, 5.74) is 0.427. The summed E-state index contributed by atoms with van der Waals surface area (Å²) in [6, 6.07) is 13.1. The van der Waals surface area contributed by atoms with Crippen LogP contribution in [-0.2, 0) is 14.6 Å². The molecule has 156 valence electrons. The van der Waals surface area contributed by atoms with Gasteiger partial charge in [-0.2, -0.15) is 0 Å². The summed E-state index contributed by atoms with van der Waals surface area (Å²) >= 11 is 0. The molecule has 1 N–H and O–H groups in total. The molecule has 9 nitrogen and oxygen atoms in total. The maximum absolute atomic E-state index is 12.5. The highest BCUT2D eigenvalue weighted by molar-refractivity contribution is 7.92. The largest absolute Gasteiger partial charge is 0.485 e. The number of carbonyl (C=O) groups excluding carboxylic acids is 1. The Kier molecular flexibility index (Phi) is 5.17. The second-order valence-electron chi connectivity index (χ2n) is 6.89. The molecule has 1 unspecified atom stereocenters. The lowest BCUT2D eigenvalue weighted by atomic mass is 10.2. The third-order valence-corrected chi connectivity index (χ3v) is 6.64. The van der Waals surface area contributed by atoms with Crippen LogP contribution in [0.1, 0.15) is 13.8 Å². The number of ether oxygens (including phenoxy) is 2. The first-order valence-corrected chi connectivity index (χ1v) is 10.8. The molecule has 30 heavy (non-hydrogen) atoms. The number of nitrogens with zero attached hydrogens (tertiary/aromatic N) is 2. The average molecular weight is 429 g/mol. The van der Waals surface area contributed by atoms with E-state index in [0.29, 0.717) is 17.1 Å². The lowest BCUT2D eigenvalue weighted by Gasteiger charge is -2.24. The number of para-hydroxylation sites is 2. The summed E-state index contributed by atoms with van der Waals surface area (Å²) < 4.78 is 41.4. The molecule has 0 fully saturated rings. The Morgan fingerprint density at radius 3 is 2.63 bits per heavy atom. The standard InChI is InChI=1S/C20H19N3O6S/c1-12(2)30(25,26)14-7-5-6-13(10-14)19-22-23-20(29-19)21-18(24)17-11-27-15-8-3-4-9-16(15)28-17/h3-10,12,17H,11H2,1-2H3,(H,21,23,24). The first kappa shape index (κ1) is 19.9. The summed E-state index contributed by atoms with van der Waals surface area (Å²) in [7, 11) is -3.45. The van der Waals surface area contributed by atoms with Crippen LogP contribution in [0.15, 0.2) is 57.8 Å². The zero-order valence-corrected chi connectivity index (χ0v) is 17.0. The van der Waals surface area contributed by atoms with Gasteiger partial charge in [-0.25, -0.2) is 8.42 Å². The number of rotatable bonds is 5. The van der Waals surface area contributed by atoms with Gasteiger partial charge in [-0.3, -0.25) is 10.1 Å². The topological polar surface area (TPSA) is 121 Å². The SMILES string of the molecule is CC(C)S(=O)(=O)c1cccc(-c2nnc(NC(=O)C3COc4ccccc4O3)o2)c1. The minimum Gasteiger partial charge on any atom is -0.485 e. The van der Waals surface area contributed by atoms with Gasteiger partial charge in [-0.1, -0.05) is 23.3 Å². The number of amides is 1. The molecule has 2 aromatic carbocycles. The van der Waals surface area contributed by atoms with Crippen molar-refractivity contribution in [1.29, 1.82) is 0 Å². The molecule has 2 heterocycles. The van der Waals surface area contributed by atoms with Crippen LogP contribution in [0, 0.1) is 0 Å². The fraction of sp³-hybridized carbons (Fsp3) is 0.250. The van der Waals surface area contributed by atoms with Crippen LogP contribution in [0.4, 0.5) is 6.01 Å². The van der Waals surface area contributed by atoms with Crippen molar-refractivity contribution in [2.45, 2.75) is 30.1 Å². The first-order valence-electron chi connectivity index (χ1n) is 9.22. The Bertz CT molecular complexity index is 1190. The summed E-state index contributed by atoms with van der Waals surface area (Å²) in [6.07, 6.45) is -0.880. The fourth-order valence-corrected chi connectivity index (χ4v) is 3.91. The van der Waals surface area contributed by atoms with Crippen molar-refractivity contribution in [3.8, 4) is 23.0 Å². The minimum atomic E-state index is -3.45. The van der Waals surface area contributed by atoms with Crippen LogP contribution in [0.2, 0.25) is 0 Å². The molecule has 1 aliphatic heterocycles. The van der Waals surface area contributed by atoms with E-state index in [1.165, 1.54) is 12.1 Å². The first-order chi connectivity index (χ1) is 14.3. The molecular formula is C20H19N3O6S. The molecule has 0 saturated heterocycles. The number of sulfone groups is 1. The smallest absolute Gasteiger partial charge is 0.322 e. The van der Waals surface area contributed by atoms with Crippen LogP contribution in [0.3, 0.4) is 0 Å². The van der Waals surface area contributed by atoms with E-state index in [1.54, 1.807) is 44.2 Å². The quantitative estimate of drug-likeness (QED) is 0.657. The van der Waals surface area contributed by atoms with Gasteiger partial charge in [0.05, 0.1) is 10.1 Å². The third-order valence-electron chi connectivity index (χ3n) is 4.49. The van der Waals surface area contributed by atoms with Crippen molar-refractivity contribution >= 4 is 21.8 Å². The van der Waals surface area contributed by atoms with Crippen LogP contribution in [-0.4, -0.2) is 42.5 Å². The number of fused-ring (bicyclic) bond motifs is 1. The Balaban J connectivity index is 1.48. The highest BCUT2D eigenvalue weighted by Gasteiger charge is 2.28. The summed E-state index contributed by atoms with van der Waals surface area (Å²) in [5.74, 6) is 0.615. The van der Waals surface area contributed by atoms with Gasteiger partial charge in [0.15, 0.2) is 21.3 Å². The lowest BCUT2D eigenvalue weighted by Crippen LogP contribution is -2.40. The average Bonchev–Trinajstić information content (AvgIpc) is 3.22. The highest BCUT2D eigenvalue weighted by atomic mass is 32.2. The van der Waals surface area contributed by atoms with E-state index >= 15 is 0 Å². The molecule has 0 spiro atoms. The van der Waals surface area contributed by atoms with Crippen LogP contribution < -0.4 is 14.8 Å². The molecule has 0 bridgehead atoms. The van der Waals surface area contributed by atoms with E-state index < -0.39 is 27.1 Å². The number of nitrogens with one attached hydrogen (secondary N) is 1. The monoisotopic (exact) mass is 429 g/mol. The van der Waals surface area contributed by atoms with E-state index in [4.69, 9.17) is 13.9 Å². The molecule has 0 saturated carbocycles. The van der Waals surface area contributed by atoms with Crippen LogP contribution in [0.25, 0.3) is 11.5 Å². The predicted octanol–water partition coefficient (Wildman–Crippen LogP) is 2.70. The second kappa shape index (κ2) is 7.79. The molecule has 0 radical (unpaired) electrons. The van der Waals surface area contributed by atoms with Crippen molar-refractivity contribution in [2.75, 3.05) is 11.9 Å².